The third kappa shape index (κ3) is 3.33. The van der Waals surface area contributed by atoms with Crippen molar-refractivity contribution in [2.45, 2.75) is 37.6 Å². The van der Waals surface area contributed by atoms with Crippen molar-refractivity contribution in [3.05, 3.63) is 35.2 Å². The summed E-state index contributed by atoms with van der Waals surface area (Å²) in [5, 5.41) is 9.68. The van der Waals surface area contributed by atoms with Gasteiger partial charge in [0.05, 0.1) is 11.4 Å². The van der Waals surface area contributed by atoms with Gasteiger partial charge in [-0.2, -0.15) is 9.40 Å². The van der Waals surface area contributed by atoms with Crippen LogP contribution in [0.25, 0.3) is 0 Å². The van der Waals surface area contributed by atoms with Crippen LogP contribution >= 0.6 is 0 Å². The fourth-order valence-electron chi connectivity index (χ4n) is 3.60. The predicted octanol–water partition coefficient (Wildman–Crippen LogP) is 1.34. The van der Waals surface area contributed by atoms with Gasteiger partial charge in [-0.05, 0) is 44.9 Å². The summed E-state index contributed by atoms with van der Waals surface area (Å²) in [5.41, 5.74) is 1.50. The topological polar surface area (TPSA) is 114 Å². The number of hydrogen-bond donors (Lipinski definition) is 2. The highest BCUT2D eigenvalue weighted by molar-refractivity contribution is 7.89. The van der Waals surface area contributed by atoms with Crippen LogP contribution in [0.4, 0.5) is 0 Å². The van der Waals surface area contributed by atoms with Gasteiger partial charge in [0.1, 0.15) is 4.90 Å². The molecule has 3 heterocycles. The van der Waals surface area contributed by atoms with Crippen LogP contribution in [0, 0.1) is 13.8 Å². The number of amides is 1. The highest BCUT2D eigenvalue weighted by atomic mass is 32.2. The van der Waals surface area contributed by atoms with Gasteiger partial charge >= 0.3 is 0 Å². The minimum Gasteiger partial charge on any atom is -0.454 e. The van der Waals surface area contributed by atoms with Crippen molar-refractivity contribution < 1.29 is 22.7 Å². The molecule has 2 aliphatic heterocycles. The van der Waals surface area contributed by atoms with Gasteiger partial charge in [-0.25, -0.2) is 8.42 Å². The zero-order valence-electron chi connectivity index (χ0n) is 15.7. The van der Waals surface area contributed by atoms with Gasteiger partial charge in [-0.15, -0.1) is 0 Å². The quantitative estimate of drug-likeness (QED) is 0.792. The Bertz CT molecular complexity index is 989. The van der Waals surface area contributed by atoms with E-state index in [0.717, 1.165) is 0 Å². The monoisotopic (exact) mass is 406 g/mol. The summed E-state index contributed by atoms with van der Waals surface area (Å²) in [6.45, 7) is 4.22. The molecule has 2 N–H and O–H groups in total. The molecular formula is C18H22N4O5S. The molecule has 1 amide bonds. The van der Waals surface area contributed by atoms with E-state index in [-0.39, 0.29) is 23.6 Å². The number of fused-ring (bicyclic) bond motifs is 1. The minimum absolute atomic E-state index is 0.0871. The summed E-state index contributed by atoms with van der Waals surface area (Å²) in [5.74, 6) is 0.973. The minimum atomic E-state index is -3.59. The number of aromatic nitrogens is 2. The normalized spacial score (nSPS) is 17.6. The van der Waals surface area contributed by atoms with Crippen LogP contribution in [0.1, 0.15) is 34.6 Å². The molecule has 0 aliphatic carbocycles. The summed E-state index contributed by atoms with van der Waals surface area (Å²) < 4.78 is 37.8. The molecule has 1 saturated heterocycles. The first-order valence-corrected chi connectivity index (χ1v) is 10.5. The molecule has 28 heavy (non-hydrogen) atoms. The molecule has 0 saturated carbocycles. The highest BCUT2D eigenvalue weighted by Crippen LogP contribution is 2.32. The van der Waals surface area contributed by atoms with Gasteiger partial charge in [-0.3, -0.25) is 9.89 Å². The van der Waals surface area contributed by atoms with E-state index >= 15 is 0 Å². The Morgan fingerprint density at radius 3 is 2.61 bits per heavy atom. The number of carbonyl (C=O) groups is 1. The van der Waals surface area contributed by atoms with Crippen LogP contribution in [0.5, 0.6) is 11.5 Å². The van der Waals surface area contributed by atoms with Crippen LogP contribution in [0.3, 0.4) is 0 Å². The number of piperidine rings is 1. The van der Waals surface area contributed by atoms with Crippen LogP contribution in [-0.4, -0.2) is 54.8 Å². The Hall–Kier alpha value is -2.59. The van der Waals surface area contributed by atoms with E-state index in [2.05, 4.69) is 15.5 Å². The van der Waals surface area contributed by atoms with Gasteiger partial charge in [-0.1, -0.05) is 0 Å². The fraction of sp³-hybridized carbons (Fsp3) is 0.444. The zero-order chi connectivity index (χ0) is 19.9. The van der Waals surface area contributed by atoms with Crippen LogP contribution < -0.4 is 14.8 Å². The number of aryl methyl sites for hydroxylation is 2. The van der Waals surface area contributed by atoms with E-state index in [1.807, 2.05) is 0 Å². The van der Waals surface area contributed by atoms with Crippen LogP contribution in [-0.2, 0) is 10.0 Å². The number of carbonyl (C=O) groups excluding carboxylic acids is 1. The number of H-pyrrole nitrogens is 1. The highest BCUT2D eigenvalue weighted by Gasteiger charge is 2.33. The number of nitrogens with one attached hydrogen (secondary N) is 2. The van der Waals surface area contributed by atoms with E-state index in [9.17, 15) is 13.2 Å². The first kappa shape index (κ1) is 18.8. The smallest absolute Gasteiger partial charge is 0.251 e. The fourth-order valence-corrected chi connectivity index (χ4v) is 5.40. The average molecular weight is 406 g/mol. The van der Waals surface area contributed by atoms with E-state index in [0.29, 0.717) is 54.4 Å². The van der Waals surface area contributed by atoms with Gasteiger partial charge in [0.15, 0.2) is 11.5 Å². The lowest BCUT2D eigenvalue weighted by molar-refractivity contribution is 0.0923. The second-order valence-corrected chi connectivity index (χ2v) is 8.86. The Labute approximate surface area is 163 Å². The summed E-state index contributed by atoms with van der Waals surface area (Å²) in [7, 11) is -3.59. The molecular weight excluding hydrogens is 384 g/mol. The van der Waals surface area contributed by atoms with Crippen molar-refractivity contribution in [3.63, 3.8) is 0 Å². The Morgan fingerprint density at radius 2 is 1.93 bits per heavy atom. The number of hydrogen-bond acceptors (Lipinski definition) is 6. The largest absolute Gasteiger partial charge is 0.454 e. The first-order valence-electron chi connectivity index (χ1n) is 9.08. The molecule has 9 nitrogen and oxygen atoms in total. The Morgan fingerprint density at radius 1 is 1.21 bits per heavy atom. The standard InChI is InChI=1S/C18H22N4O5S/c1-11-17(12(2)21-20-11)28(24,25)22-7-5-14(6-8-22)19-18(23)13-3-4-15-16(9-13)27-10-26-15/h3-4,9,14H,5-8,10H2,1-2H3,(H,19,23)(H,20,21). The molecule has 2 aliphatic rings. The molecule has 1 aromatic carbocycles. The average Bonchev–Trinajstić information content (AvgIpc) is 3.27. The molecule has 1 fully saturated rings. The van der Waals surface area contributed by atoms with Crippen molar-refractivity contribution in [2.75, 3.05) is 19.9 Å². The number of benzene rings is 1. The molecule has 4 rings (SSSR count). The zero-order valence-corrected chi connectivity index (χ0v) is 16.5. The maximum atomic E-state index is 12.9. The Balaban J connectivity index is 1.38. The molecule has 0 unspecified atom stereocenters. The number of nitrogens with zero attached hydrogens (tertiary/aromatic N) is 2. The van der Waals surface area contributed by atoms with Crippen molar-refractivity contribution in [2.24, 2.45) is 0 Å². The number of aromatic amines is 1. The maximum Gasteiger partial charge on any atom is 0.251 e. The molecule has 2 aromatic rings. The Kier molecular flexibility index (Phi) is 4.76. The van der Waals surface area contributed by atoms with Crippen molar-refractivity contribution >= 4 is 15.9 Å². The van der Waals surface area contributed by atoms with Crippen LogP contribution in [0.15, 0.2) is 23.1 Å². The van der Waals surface area contributed by atoms with Crippen molar-refractivity contribution in [1.82, 2.24) is 19.8 Å². The molecule has 0 atom stereocenters. The molecule has 0 spiro atoms. The maximum absolute atomic E-state index is 12.9. The summed E-state index contributed by atoms with van der Waals surface area (Å²) in [6, 6.07) is 4.97. The van der Waals surface area contributed by atoms with E-state index in [1.165, 1.54) is 4.31 Å². The molecule has 150 valence electrons. The van der Waals surface area contributed by atoms with Crippen molar-refractivity contribution in [1.29, 1.82) is 0 Å². The van der Waals surface area contributed by atoms with Gasteiger partial charge in [0.25, 0.3) is 5.91 Å². The SMILES string of the molecule is Cc1n[nH]c(C)c1S(=O)(=O)N1CCC(NC(=O)c2ccc3c(c2)OCO3)CC1. The lowest BCUT2D eigenvalue weighted by Gasteiger charge is -2.31. The predicted molar refractivity (Wildman–Crippen MR) is 99.9 cm³/mol. The van der Waals surface area contributed by atoms with Gasteiger partial charge < -0.3 is 14.8 Å². The van der Waals surface area contributed by atoms with Gasteiger partial charge in [0, 0.05) is 24.7 Å². The lowest BCUT2D eigenvalue weighted by atomic mass is 10.1. The third-order valence-corrected chi connectivity index (χ3v) is 7.24. The summed E-state index contributed by atoms with van der Waals surface area (Å²) in [6.07, 6.45) is 1.09. The van der Waals surface area contributed by atoms with E-state index in [1.54, 1.807) is 32.0 Å². The van der Waals surface area contributed by atoms with E-state index in [4.69, 9.17) is 9.47 Å². The van der Waals surface area contributed by atoms with E-state index < -0.39 is 10.0 Å². The molecule has 0 bridgehead atoms. The number of sulfonamides is 1. The number of ether oxygens (including phenoxy) is 2. The first-order chi connectivity index (χ1) is 13.4. The lowest BCUT2D eigenvalue weighted by Crippen LogP contribution is -2.46. The molecule has 10 heteroatoms. The van der Waals surface area contributed by atoms with Crippen LogP contribution in [0.2, 0.25) is 0 Å². The summed E-state index contributed by atoms with van der Waals surface area (Å²) >= 11 is 0. The summed E-state index contributed by atoms with van der Waals surface area (Å²) in [4.78, 5) is 12.8. The van der Waals surface area contributed by atoms with Crippen molar-refractivity contribution in [3.8, 4) is 11.5 Å². The second kappa shape index (κ2) is 7.10. The third-order valence-electron chi connectivity index (χ3n) is 5.08. The molecule has 1 aromatic heterocycles. The number of rotatable bonds is 4. The molecule has 0 radical (unpaired) electrons. The van der Waals surface area contributed by atoms with Gasteiger partial charge in [0.2, 0.25) is 16.8 Å². The second-order valence-electron chi connectivity index (χ2n) is 6.98.